The van der Waals surface area contributed by atoms with Gasteiger partial charge in [-0.25, -0.2) is 9.67 Å². The molecular weight excluding hydrogens is 409 g/mol. The molecule has 29 heavy (non-hydrogen) atoms. The Bertz CT molecular complexity index is 854. The highest BCUT2D eigenvalue weighted by molar-refractivity contribution is 6.05. The third kappa shape index (κ3) is 4.39. The van der Waals surface area contributed by atoms with Crippen LogP contribution in [0.3, 0.4) is 0 Å². The number of rotatable bonds is 4. The number of carbonyl (C=O) groups excluding carboxylic acids is 1. The standard InChI is InChI=1S/C21H31N5O.2ClH/c1-12(2)19-10-17(18-11-22-26(13(3)4)20(18)24-19)21(27)25(5)16-8-14-6-7-15(9-16)23-14;;/h10-16,23H,6-9H2,1-5H3;2*1H. The number of hydrogen-bond donors (Lipinski definition) is 1. The molecule has 0 spiro atoms. The highest BCUT2D eigenvalue weighted by atomic mass is 35.5. The molecule has 2 saturated heterocycles. The van der Waals surface area contributed by atoms with Crippen LogP contribution in [-0.2, 0) is 0 Å². The van der Waals surface area contributed by atoms with Gasteiger partial charge in [0.05, 0.1) is 17.1 Å². The van der Waals surface area contributed by atoms with Gasteiger partial charge in [0.1, 0.15) is 0 Å². The van der Waals surface area contributed by atoms with Gasteiger partial charge in [-0.1, -0.05) is 13.8 Å². The fourth-order valence-corrected chi connectivity index (χ4v) is 4.59. The van der Waals surface area contributed by atoms with Crippen molar-refractivity contribution in [1.82, 2.24) is 25.0 Å². The van der Waals surface area contributed by atoms with Crippen LogP contribution >= 0.6 is 24.8 Å². The van der Waals surface area contributed by atoms with Crippen LogP contribution in [0, 0.1) is 0 Å². The molecule has 1 N–H and O–H groups in total. The smallest absolute Gasteiger partial charge is 0.254 e. The molecule has 2 aromatic heterocycles. The van der Waals surface area contributed by atoms with Crippen LogP contribution in [0.5, 0.6) is 0 Å². The van der Waals surface area contributed by atoms with E-state index in [1.807, 2.05) is 22.7 Å². The molecule has 0 aromatic carbocycles. The van der Waals surface area contributed by atoms with Gasteiger partial charge >= 0.3 is 0 Å². The average Bonchev–Trinajstić information content (AvgIpc) is 3.22. The first kappa shape index (κ1) is 23.9. The Morgan fingerprint density at radius 1 is 1.17 bits per heavy atom. The fourth-order valence-electron chi connectivity index (χ4n) is 4.59. The van der Waals surface area contributed by atoms with Crippen molar-refractivity contribution in [1.29, 1.82) is 0 Å². The molecule has 2 aliphatic rings. The van der Waals surface area contributed by atoms with E-state index in [9.17, 15) is 4.79 Å². The number of nitrogens with zero attached hydrogens (tertiary/aromatic N) is 4. The number of piperidine rings is 1. The van der Waals surface area contributed by atoms with Gasteiger partial charge in [0.25, 0.3) is 5.91 Å². The zero-order chi connectivity index (χ0) is 19.3. The van der Waals surface area contributed by atoms with E-state index in [0.717, 1.165) is 35.1 Å². The lowest BCUT2D eigenvalue weighted by molar-refractivity contribution is 0.0683. The minimum Gasteiger partial charge on any atom is -0.339 e. The first-order valence-corrected chi connectivity index (χ1v) is 10.3. The third-order valence-corrected chi connectivity index (χ3v) is 6.21. The second-order valence-electron chi connectivity index (χ2n) is 8.85. The van der Waals surface area contributed by atoms with Crippen molar-refractivity contribution in [3.63, 3.8) is 0 Å². The van der Waals surface area contributed by atoms with E-state index < -0.39 is 0 Å². The molecule has 0 aliphatic carbocycles. The van der Waals surface area contributed by atoms with Crippen LogP contribution < -0.4 is 5.32 Å². The van der Waals surface area contributed by atoms with E-state index in [1.165, 1.54) is 12.8 Å². The van der Waals surface area contributed by atoms with E-state index in [-0.39, 0.29) is 42.7 Å². The second-order valence-corrected chi connectivity index (χ2v) is 8.85. The lowest BCUT2D eigenvalue weighted by Gasteiger charge is -2.35. The van der Waals surface area contributed by atoms with Gasteiger partial charge in [-0.15, -0.1) is 24.8 Å². The fraction of sp³-hybridized carbons (Fsp3) is 0.667. The van der Waals surface area contributed by atoms with Crippen molar-refractivity contribution in [2.75, 3.05) is 7.05 Å². The monoisotopic (exact) mass is 441 g/mol. The van der Waals surface area contributed by atoms with Crippen molar-refractivity contribution >= 4 is 41.8 Å². The Morgan fingerprint density at radius 3 is 2.34 bits per heavy atom. The van der Waals surface area contributed by atoms with Crippen molar-refractivity contribution < 1.29 is 4.79 Å². The number of hydrogen-bond acceptors (Lipinski definition) is 4. The van der Waals surface area contributed by atoms with Gasteiger partial charge in [0.15, 0.2) is 5.65 Å². The summed E-state index contributed by atoms with van der Waals surface area (Å²) in [6, 6.07) is 3.63. The van der Waals surface area contributed by atoms with E-state index in [4.69, 9.17) is 4.98 Å². The molecule has 162 valence electrons. The van der Waals surface area contributed by atoms with Gasteiger partial charge in [-0.05, 0) is 51.5 Å². The normalized spacial score (nSPS) is 23.2. The van der Waals surface area contributed by atoms with Gasteiger partial charge in [0.2, 0.25) is 0 Å². The number of halogens is 2. The van der Waals surface area contributed by atoms with Crippen molar-refractivity contribution in [3.05, 3.63) is 23.5 Å². The molecule has 6 nitrogen and oxygen atoms in total. The Kier molecular flexibility index (Phi) is 7.57. The van der Waals surface area contributed by atoms with Crippen LogP contribution in [0.2, 0.25) is 0 Å². The third-order valence-electron chi connectivity index (χ3n) is 6.21. The summed E-state index contributed by atoms with van der Waals surface area (Å²) in [6.07, 6.45) is 6.38. The van der Waals surface area contributed by atoms with Gasteiger partial charge in [-0.3, -0.25) is 4.79 Å². The number of carbonyl (C=O) groups is 1. The van der Waals surface area contributed by atoms with Crippen molar-refractivity contribution in [3.8, 4) is 0 Å². The Hall–Kier alpha value is -1.37. The molecule has 4 heterocycles. The number of aromatic nitrogens is 3. The highest BCUT2D eigenvalue weighted by Crippen LogP contribution is 2.31. The summed E-state index contributed by atoms with van der Waals surface area (Å²) in [7, 11) is 1.96. The number of pyridine rings is 1. The molecular formula is C21H33Cl2N5O. The maximum atomic E-state index is 13.5. The number of amides is 1. The van der Waals surface area contributed by atoms with E-state index in [0.29, 0.717) is 18.1 Å². The summed E-state index contributed by atoms with van der Waals surface area (Å²) < 4.78 is 1.92. The largest absolute Gasteiger partial charge is 0.339 e. The van der Waals surface area contributed by atoms with E-state index >= 15 is 0 Å². The molecule has 8 heteroatoms. The van der Waals surface area contributed by atoms with Gasteiger partial charge in [0, 0.05) is 36.9 Å². The number of fused-ring (bicyclic) bond motifs is 3. The summed E-state index contributed by atoms with van der Waals surface area (Å²) >= 11 is 0. The molecule has 4 rings (SSSR count). The summed E-state index contributed by atoms with van der Waals surface area (Å²) in [5.74, 6) is 0.357. The molecule has 2 bridgehead atoms. The Balaban J connectivity index is 0.00000150. The minimum absolute atomic E-state index is 0. The summed E-state index contributed by atoms with van der Waals surface area (Å²) in [4.78, 5) is 20.3. The van der Waals surface area contributed by atoms with Gasteiger partial charge in [-0.2, -0.15) is 5.10 Å². The summed E-state index contributed by atoms with van der Waals surface area (Å²) in [5, 5.41) is 9.04. The summed E-state index contributed by atoms with van der Waals surface area (Å²) in [5.41, 5.74) is 2.51. The van der Waals surface area contributed by atoms with Crippen LogP contribution in [0.4, 0.5) is 0 Å². The predicted octanol–water partition coefficient (Wildman–Crippen LogP) is 4.33. The zero-order valence-electron chi connectivity index (χ0n) is 17.9. The minimum atomic E-state index is 0. The van der Waals surface area contributed by atoms with Crippen LogP contribution in [0.25, 0.3) is 11.0 Å². The molecule has 2 unspecified atom stereocenters. The zero-order valence-corrected chi connectivity index (χ0v) is 19.5. The second kappa shape index (κ2) is 9.19. The van der Waals surface area contributed by atoms with Crippen LogP contribution in [-0.4, -0.2) is 50.7 Å². The molecule has 2 fully saturated rings. The number of nitrogens with one attached hydrogen (secondary N) is 1. The Morgan fingerprint density at radius 2 is 1.79 bits per heavy atom. The highest BCUT2D eigenvalue weighted by Gasteiger charge is 2.37. The lowest BCUT2D eigenvalue weighted by Crippen LogP contribution is -2.48. The predicted molar refractivity (Wildman–Crippen MR) is 122 cm³/mol. The van der Waals surface area contributed by atoms with Crippen LogP contribution in [0.15, 0.2) is 12.3 Å². The van der Waals surface area contributed by atoms with Gasteiger partial charge < -0.3 is 10.2 Å². The van der Waals surface area contributed by atoms with Crippen molar-refractivity contribution in [2.45, 2.75) is 83.5 Å². The van der Waals surface area contributed by atoms with Crippen molar-refractivity contribution in [2.24, 2.45) is 0 Å². The molecule has 2 aliphatic heterocycles. The first-order valence-electron chi connectivity index (χ1n) is 10.3. The average molecular weight is 442 g/mol. The summed E-state index contributed by atoms with van der Waals surface area (Å²) in [6.45, 7) is 8.42. The first-order chi connectivity index (χ1) is 12.8. The van der Waals surface area contributed by atoms with E-state index in [1.54, 1.807) is 6.20 Å². The molecule has 0 saturated carbocycles. The van der Waals surface area contributed by atoms with Crippen LogP contribution in [0.1, 0.15) is 81.4 Å². The topological polar surface area (TPSA) is 63.1 Å². The Labute approximate surface area is 185 Å². The lowest BCUT2D eigenvalue weighted by atomic mass is 9.97. The molecule has 0 radical (unpaired) electrons. The maximum absolute atomic E-state index is 13.5. The molecule has 2 atom stereocenters. The maximum Gasteiger partial charge on any atom is 0.254 e. The van der Waals surface area contributed by atoms with E-state index in [2.05, 4.69) is 38.1 Å². The molecule has 2 aromatic rings. The SMILES string of the molecule is CC(C)c1cc(C(=O)N(C)C2CC3CCC(C2)N3)c2cnn(C(C)C)c2n1.Cl.Cl. The molecule has 1 amide bonds. The quantitative estimate of drug-likeness (QED) is 0.766.